The Hall–Kier alpha value is -2.93. The molecule has 7 nitrogen and oxygen atoms in total. The van der Waals surface area contributed by atoms with Crippen molar-refractivity contribution in [3.63, 3.8) is 0 Å². The maximum Gasteiger partial charge on any atom is 0.252 e. The minimum absolute atomic E-state index is 0.0421. The molecule has 0 spiro atoms. The van der Waals surface area contributed by atoms with Crippen LogP contribution in [0.1, 0.15) is 35.2 Å². The van der Waals surface area contributed by atoms with Crippen LogP contribution in [0.15, 0.2) is 42.6 Å². The Morgan fingerprint density at radius 1 is 1.31 bits per heavy atom. The van der Waals surface area contributed by atoms with E-state index in [1.807, 2.05) is 30.3 Å². The predicted molar refractivity (Wildman–Crippen MR) is 111 cm³/mol. The summed E-state index contributed by atoms with van der Waals surface area (Å²) in [6, 6.07) is 11.5. The lowest BCUT2D eigenvalue weighted by Gasteiger charge is -2.29. The Morgan fingerprint density at radius 2 is 2.17 bits per heavy atom. The van der Waals surface area contributed by atoms with Crippen LogP contribution in [-0.4, -0.2) is 43.1 Å². The van der Waals surface area contributed by atoms with E-state index in [2.05, 4.69) is 15.6 Å². The lowest BCUT2D eigenvalue weighted by molar-refractivity contribution is -0.117. The predicted octanol–water partition coefficient (Wildman–Crippen LogP) is 2.59. The van der Waals surface area contributed by atoms with Crippen LogP contribution in [0.3, 0.4) is 0 Å². The zero-order valence-electron chi connectivity index (χ0n) is 16.4. The third-order valence-electron chi connectivity index (χ3n) is 5.41. The van der Waals surface area contributed by atoms with Crippen LogP contribution in [-0.2, 0) is 16.1 Å². The second kappa shape index (κ2) is 9.05. The number of benzene rings is 1. The molecule has 2 aromatic rings. The van der Waals surface area contributed by atoms with Crippen molar-refractivity contribution in [3.8, 4) is 0 Å². The first kappa shape index (κ1) is 19.4. The number of nitrogens with one attached hydrogen (secondary N) is 2. The molecule has 2 amide bonds. The van der Waals surface area contributed by atoms with Gasteiger partial charge in [-0.15, -0.1) is 0 Å². The Bertz CT molecular complexity index is 866. The number of hydrogen-bond donors (Lipinski definition) is 2. The quantitative estimate of drug-likeness (QED) is 0.706. The highest BCUT2D eigenvalue weighted by molar-refractivity contribution is 6.04. The fourth-order valence-corrected chi connectivity index (χ4v) is 3.75. The van der Waals surface area contributed by atoms with Crippen LogP contribution in [0.5, 0.6) is 0 Å². The number of fused-ring (bicyclic) bond motifs is 1. The first-order valence-corrected chi connectivity index (χ1v) is 10.1. The molecule has 2 N–H and O–H groups in total. The minimum Gasteiger partial charge on any atom is -0.381 e. The normalized spacial score (nSPS) is 18.3. The Morgan fingerprint density at radius 3 is 2.97 bits per heavy atom. The summed E-state index contributed by atoms with van der Waals surface area (Å²) in [6.45, 7) is 2.95. The van der Waals surface area contributed by atoms with Gasteiger partial charge in [0.15, 0.2) is 5.82 Å². The number of aromatic nitrogens is 1. The minimum atomic E-state index is -0.166. The van der Waals surface area contributed by atoms with E-state index >= 15 is 0 Å². The summed E-state index contributed by atoms with van der Waals surface area (Å²) >= 11 is 0. The van der Waals surface area contributed by atoms with Crippen LogP contribution < -0.4 is 15.5 Å². The molecule has 1 unspecified atom stereocenters. The molecule has 3 heterocycles. The molecule has 1 aromatic carbocycles. The number of pyridine rings is 1. The van der Waals surface area contributed by atoms with Gasteiger partial charge in [-0.05, 0) is 36.8 Å². The summed E-state index contributed by atoms with van der Waals surface area (Å²) in [5.74, 6) is 1.03. The molecule has 1 fully saturated rings. The Balaban J connectivity index is 1.41. The molecule has 1 saturated heterocycles. The van der Waals surface area contributed by atoms with Gasteiger partial charge in [0, 0.05) is 26.0 Å². The van der Waals surface area contributed by atoms with E-state index in [1.54, 1.807) is 17.2 Å². The average Bonchev–Trinajstić information content (AvgIpc) is 3.27. The van der Waals surface area contributed by atoms with Crippen LogP contribution in [0.25, 0.3) is 0 Å². The highest BCUT2D eigenvalue weighted by Gasteiger charge is 2.26. The van der Waals surface area contributed by atoms with Gasteiger partial charge in [0.25, 0.3) is 5.91 Å². The molecular formula is C22H26N4O3. The summed E-state index contributed by atoms with van der Waals surface area (Å²) in [6.07, 6.45) is 4.66. The third-order valence-corrected chi connectivity index (χ3v) is 5.41. The zero-order valence-corrected chi connectivity index (χ0v) is 16.4. The van der Waals surface area contributed by atoms with Crippen molar-refractivity contribution in [1.29, 1.82) is 0 Å². The number of carbonyl (C=O) groups excluding carboxylic acids is 2. The number of rotatable bonds is 7. The second-order valence-electron chi connectivity index (χ2n) is 7.54. The van der Waals surface area contributed by atoms with Crippen molar-refractivity contribution in [1.82, 2.24) is 10.3 Å². The number of ether oxygens (including phenoxy) is 1. The van der Waals surface area contributed by atoms with Crippen LogP contribution in [0, 0.1) is 5.92 Å². The van der Waals surface area contributed by atoms with Gasteiger partial charge in [0.05, 0.1) is 24.3 Å². The molecule has 1 atom stereocenters. The summed E-state index contributed by atoms with van der Waals surface area (Å²) in [7, 11) is 0. The van der Waals surface area contributed by atoms with E-state index in [-0.39, 0.29) is 18.4 Å². The van der Waals surface area contributed by atoms with Crippen molar-refractivity contribution in [2.75, 3.05) is 36.5 Å². The van der Waals surface area contributed by atoms with Crippen molar-refractivity contribution in [3.05, 3.63) is 53.7 Å². The summed E-state index contributed by atoms with van der Waals surface area (Å²) in [5, 5.41) is 5.99. The van der Waals surface area contributed by atoms with Gasteiger partial charge in [-0.3, -0.25) is 9.59 Å². The van der Waals surface area contributed by atoms with Crippen molar-refractivity contribution >= 4 is 23.3 Å². The highest BCUT2D eigenvalue weighted by Crippen LogP contribution is 2.29. The Labute approximate surface area is 170 Å². The SMILES string of the molecule is O=C(NCCCC1CCOC1)c1cnc2c(c1)N(Cc1ccccc1)C(=O)CN2. The van der Waals surface area contributed by atoms with Gasteiger partial charge in [0.2, 0.25) is 5.91 Å². The van der Waals surface area contributed by atoms with Crippen LogP contribution >= 0.6 is 0 Å². The second-order valence-corrected chi connectivity index (χ2v) is 7.54. The molecule has 0 radical (unpaired) electrons. The molecule has 2 aliphatic rings. The number of carbonyl (C=O) groups is 2. The summed E-state index contributed by atoms with van der Waals surface area (Å²) in [5.41, 5.74) is 2.13. The number of anilines is 2. The molecule has 0 aliphatic carbocycles. The monoisotopic (exact) mass is 394 g/mol. The van der Waals surface area contributed by atoms with E-state index < -0.39 is 0 Å². The summed E-state index contributed by atoms with van der Waals surface area (Å²) in [4.78, 5) is 31.1. The third kappa shape index (κ3) is 4.74. The Kier molecular flexibility index (Phi) is 6.05. The lowest BCUT2D eigenvalue weighted by atomic mass is 10.0. The molecule has 7 heteroatoms. The summed E-state index contributed by atoms with van der Waals surface area (Å²) < 4.78 is 5.38. The largest absolute Gasteiger partial charge is 0.381 e. The molecule has 4 rings (SSSR count). The maximum absolute atomic E-state index is 12.6. The maximum atomic E-state index is 12.6. The fraction of sp³-hybridized carbons (Fsp3) is 0.409. The topological polar surface area (TPSA) is 83.6 Å². The van der Waals surface area contributed by atoms with E-state index in [9.17, 15) is 9.59 Å². The zero-order chi connectivity index (χ0) is 20.1. The van der Waals surface area contributed by atoms with Crippen molar-refractivity contribution < 1.29 is 14.3 Å². The van der Waals surface area contributed by atoms with E-state index in [0.29, 0.717) is 36.1 Å². The average molecular weight is 394 g/mol. The van der Waals surface area contributed by atoms with E-state index in [4.69, 9.17) is 4.74 Å². The van der Waals surface area contributed by atoms with Gasteiger partial charge in [-0.2, -0.15) is 0 Å². The first-order chi connectivity index (χ1) is 14.2. The molecule has 152 valence electrons. The molecule has 2 aliphatic heterocycles. The van der Waals surface area contributed by atoms with Gasteiger partial charge >= 0.3 is 0 Å². The number of amides is 2. The standard InChI is InChI=1S/C22H26N4O3/c27-20-13-25-21-19(26(20)14-16-5-2-1-3-6-16)11-18(12-24-21)22(28)23-9-4-7-17-8-10-29-15-17/h1-3,5-6,11-12,17H,4,7-10,13-15H2,(H,23,28)(H,24,25). The molecule has 1 aromatic heterocycles. The van der Waals surface area contributed by atoms with Crippen LogP contribution in [0.4, 0.5) is 11.5 Å². The number of hydrogen-bond acceptors (Lipinski definition) is 5. The number of nitrogens with zero attached hydrogens (tertiary/aromatic N) is 2. The van der Waals surface area contributed by atoms with Gasteiger partial charge in [0.1, 0.15) is 0 Å². The van der Waals surface area contributed by atoms with Crippen LogP contribution in [0.2, 0.25) is 0 Å². The smallest absolute Gasteiger partial charge is 0.252 e. The molecule has 0 bridgehead atoms. The van der Waals surface area contributed by atoms with E-state index in [0.717, 1.165) is 38.0 Å². The molecular weight excluding hydrogens is 368 g/mol. The van der Waals surface area contributed by atoms with Gasteiger partial charge in [-0.25, -0.2) is 4.98 Å². The van der Waals surface area contributed by atoms with Crippen molar-refractivity contribution in [2.24, 2.45) is 5.92 Å². The first-order valence-electron chi connectivity index (χ1n) is 10.1. The lowest BCUT2D eigenvalue weighted by Crippen LogP contribution is -2.40. The van der Waals surface area contributed by atoms with Gasteiger partial charge in [-0.1, -0.05) is 30.3 Å². The highest BCUT2D eigenvalue weighted by atomic mass is 16.5. The fourth-order valence-electron chi connectivity index (χ4n) is 3.75. The molecule has 29 heavy (non-hydrogen) atoms. The van der Waals surface area contributed by atoms with Gasteiger partial charge < -0.3 is 20.3 Å². The molecule has 0 saturated carbocycles. The van der Waals surface area contributed by atoms with E-state index in [1.165, 1.54) is 0 Å². The van der Waals surface area contributed by atoms with Crippen molar-refractivity contribution in [2.45, 2.75) is 25.8 Å².